The van der Waals surface area contributed by atoms with Gasteiger partial charge in [-0.15, -0.1) is 0 Å². The molecule has 1 saturated heterocycles. The van der Waals surface area contributed by atoms with Crippen molar-refractivity contribution >= 4 is 33.6 Å². The highest BCUT2D eigenvalue weighted by molar-refractivity contribution is 9.10. The van der Waals surface area contributed by atoms with E-state index in [0.29, 0.717) is 36.2 Å². The fraction of sp³-hybridized carbons (Fsp3) is 0.368. The highest BCUT2D eigenvalue weighted by atomic mass is 79.9. The number of likely N-dealkylation sites (tertiary alicyclic amines) is 1. The molecule has 0 radical (unpaired) electrons. The molecular formula is C19H21BrFN3O3. The predicted molar refractivity (Wildman–Crippen MR) is 103 cm³/mol. The number of urea groups is 1. The Morgan fingerprint density at radius 2 is 2.07 bits per heavy atom. The quantitative estimate of drug-likeness (QED) is 0.778. The first-order valence-corrected chi connectivity index (χ1v) is 9.54. The summed E-state index contributed by atoms with van der Waals surface area (Å²) >= 11 is 3.20. The Bertz CT molecular complexity index is 805. The van der Waals surface area contributed by atoms with Crippen molar-refractivity contribution in [1.82, 2.24) is 9.80 Å². The van der Waals surface area contributed by atoms with Gasteiger partial charge in [-0.3, -0.25) is 4.79 Å². The highest BCUT2D eigenvalue weighted by Crippen LogP contribution is 2.23. The van der Waals surface area contributed by atoms with Gasteiger partial charge in [0.05, 0.1) is 18.5 Å². The molecule has 27 heavy (non-hydrogen) atoms. The average molecular weight is 438 g/mol. The number of nitrogens with zero attached hydrogens (tertiary/aromatic N) is 2. The minimum absolute atomic E-state index is 0.0346. The van der Waals surface area contributed by atoms with Crippen molar-refractivity contribution < 1.29 is 18.4 Å². The van der Waals surface area contributed by atoms with Gasteiger partial charge in [0.25, 0.3) is 0 Å². The van der Waals surface area contributed by atoms with E-state index in [1.54, 1.807) is 41.2 Å². The van der Waals surface area contributed by atoms with Gasteiger partial charge in [0.15, 0.2) is 0 Å². The maximum absolute atomic E-state index is 14.1. The van der Waals surface area contributed by atoms with E-state index in [1.165, 1.54) is 12.1 Å². The van der Waals surface area contributed by atoms with E-state index in [1.807, 2.05) is 0 Å². The van der Waals surface area contributed by atoms with Crippen molar-refractivity contribution in [1.29, 1.82) is 0 Å². The third-order valence-corrected chi connectivity index (χ3v) is 5.18. The maximum atomic E-state index is 14.1. The van der Waals surface area contributed by atoms with Gasteiger partial charge in [-0.05, 0) is 43.2 Å². The number of carbonyl (C=O) groups excluding carboxylic acids is 2. The zero-order valence-electron chi connectivity index (χ0n) is 15.0. The Morgan fingerprint density at radius 3 is 2.67 bits per heavy atom. The normalized spacial score (nSPS) is 14.9. The number of nitrogens with one attached hydrogen (secondary N) is 1. The van der Waals surface area contributed by atoms with Gasteiger partial charge in [-0.25, -0.2) is 9.18 Å². The van der Waals surface area contributed by atoms with E-state index in [-0.39, 0.29) is 24.2 Å². The summed E-state index contributed by atoms with van der Waals surface area (Å²) in [4.78, 5) is 27.9. The monoisotopic (exact) mass is 437 g/mol. The maximum Gasteiger partial charge on any atom is 0.322 e. The fourth-order valence-corrected chi connectivity index (χ4v) is 3.54. The van der Waals surface area contributed by atoms with Crippen LogP contribution in [0.25, 0.3) is 0 Å². The molecule has 144 valence electrons. The Balaban J connectivity index is 1.75. The second-order valence-electron chi connectivity index (χ2n) is 6.50. The first kappa shape index (κ1) is 19.4. The zero-order valence-corrected chi connectivity index (χ0v) is 16.5. The molecule has 0 unspecified atom stereocenters. The molecular weight excluding hydrogens is 417 g/mol. The lowest BCUT2D eigenvalue weighted by molar-refractivity contribution is -0.130. The molecule has 0 bridgehead atoms. The number of benzene rings is 1. The first-order valence-electron chi connectivity index (χ1n) is 8.74. The van der Waals surface area contributed by atoms with Crippen molar-refractivity contribution in [3.05, 3.63) is 52.6 Å². The number of furan rings is 1. The second kappa shape index (κ2) is 8.56. The molecule has 2 aromatic rings. The summed E-state index contributed by atoms with van der Waals surface area (Å²) in [5.74, 6) is 0.171. The number of hydrogen-bond donors (Lipinski definition) is 1. The van der Waals surface area contributed by atoms with Crippen molar-refractivity contribution in [3.63, 3.8) is 0 Å². The summed E-state index contributed by atoms with van der Waals surface area (Å²) in [5, 5.41) is 2.65. The molecule has 1 aromatic carbocycles. The SMILES string of the molecule is CC(=O)N1CCC(N(Cc2ccco2)C(=O)Nc2ccc(Br)cc2F)CC1. The smallest absolute Gasteiger partial charge is 0.322 e. The molecule has 0 saturated carbocycles. The number of anilines is 1. The lowest BCUT2D eigenvalue weighted by Gasteiger charge is -2.38. The van der Waals surface area contributed by atoms with E-state index in [2.05, 4.69) is 21.2 Å². The molecule has 0 atom stereocenters. The summed E-state index contributed by atoms with van der Waals surface area (Å²) in [6.45, 7) is 3.01. The van der Waals surface area contributed by atoms with Gasteiger partial charge < -0.3 is 19.5 Å². The molecule has 1 fully saturated rings. The molecule has 3 amide bonds. The van der Waals surface area contributed by atoms with Crippen LogP contribution in [0.5, 0.6) is 0 Å². The van der Waals surface area contributed by atoms with Crippen LogP contribution in [0, 0.1) is 5.82 Å². The molecule has 8 heteroatoms. The third kappa shape index (κ3) is 4.88. The zero-order chi connectivity index (χ0) is 19.4. The number of hydrogen-bond acceptors (Lipinski definition) is 3. The molecule has 2 heterocycles. The van der Waals surface area contributed by atoms with E-state index >= 15 is 0 Å². The number of carbonyl (C=O) groups is 2. The van der Waals surface area contributed by atoms with E-state index in [0.717, 1.165) is 0 Å². The standard InChI is InChI=1S/C19H21BrFN3O3/c1-13(25)23-8-6-15(7-9-23)24(12-16-3-2-10-27-16)19(26)22-18-5-4-14(20)11-17(18)21/h2-5,10-11,15H,6-9,12H2,1H3,(H,22,26). The van der Waals surface area contributed by atoms with E-state index in [9.17, 15) is 14.0 Å². The van der Waals surface area contributed by atoms with E-state index < -0.39 is 11.8 Å². The van der Waals surface area contributed by atoms with Crippen molar-refractivity contribution in [2.24, 2.45) is 0 Å². The number of amides is 3. The van der Waals surface area contributed by atoms with Crippen molar-refractivity contribution in [2.45, 2.75) is 32.4 Å². The minimum atomic E-state index is -0.512. The predicted octanol–water partition coefficient (Wildman–Crippen LogP) is 4.23. The topological polar surface area (TPSA) is 65.8 Å². The highest BCUT2D eigenvalue weighted by Gasteiger charge is 2.30. The lowest BCUT2D eigenvalue weighted by atomic mass is 10.0. The molecule has 1 aliphatic rings. The molecule has 0 aliphatic carbocycles. The molecule has 3 rings (SSSR count). The Labute approximate surface area is 165 Å². The molecule has 1 aromatic heterocycles. The van der Waals surface area contributed by atoms with Crippen molar-refractivity contribution in [2.75, 3.05) is 18.4 Å². The second-order valence-corrected chi connectivity index (χ2v) is 7.41. The lowest BCUT2D eigenvalue weighted by Crippen LogP contribution is -2.49. The largest absolute Gasteiger partial charge is 0.467 e. The number of halogens is 2. The number of piperidine rings is 1. The summed E-state index contributed by atoms with van der Waals surface area (Å²) in [6.07, 6.45) is 2.88. The van der Waals surface area contributed by atoms with Gasteiger partial charge in [0.2, 0.25) is 5.91 Å². The molecule has 1 N–H and O–H groups in total. The van der Waals surface area contributed by atoms with Crippen LogP contribution >= 0.6 is 15.9 Å². The van der Waals surface area contributed by atoms with Gasteiger partial charge in [-0.2, -0.15) is 0 Å². The van der Waals surface area contributed by atoms with Crippen LogP contribution in [-0.4, -0.2) is 40.9 Å². The molecule has 1 aliphatic heterocycles. The van der Waals surface area contributed by atoms with Gasteiger partial charge in [-0.1, -0.05) is 15.9 Å². The Hall–Kier alpha value is -2.35. The van der Waals surface area contributed by atoms with Crippen LogP contribution in [0.3, 0.4) is 0 Å². The fourth-order valence-electron chi connectivity index (χ4n) is 3.21. The minimum Gasteiger partial charge on any atom is -0.467 e. The average Bonchev–Trinajstić information content (AvgIpc) is 3.15. The van der Waals surface area contributed by atoms with Crippen LogP contribution in [0.15, 0.2) is 45.5 Å². The van der Waals surface area contributed by atoms with Crippen LogP contribution < -0.4 is 5.32 Å². The summed E-state index contributed by atoms with van der Waals surface area (Å²) < 4.78 is 20.1. The van der Waals surface area contributed by atoms with Crippen LogP contribution in [0.2, 0.25) is 0 Å². The number of rotatable bonds is 4. The van der Waals surface area contributed by atoms with Gasteiger partial charge in [0, 0.05) is 30.5 Å². The third-order valence-electron chi connectivity index (χ3n) is 4.69. The summed E-state index contributed by atoms with van der Waals surface area (Å²) in [7, 11) is 0. The van der Waals surface area contributed by atoms with Gasteiger partial charge in [0.1, 0.15) is 11.6 Å². The Kier molecular flexibility index (Phi) is 6.15. The van der Waals surface area contributed by atoms with E-state index in [4.69, 9.17) is 4.42 Å². The van der Waals surface area contributed by atoms with Gasteiger partial charge >= 0.3 is 6.03 Å². The molecule has 0 spiro atoms. The van der Waals surface area contributed by atoms with Crippen LogP contribution in [0.4, 0.5) is 14.9 Å². The Morgan fingerprint density at radius 1 is 1.33 bits per heavy atom. The van der Waals surface area contributed by atoms with Crippen LogP contribution in [-0.2, 0) is 11.3 Å². The van der Waals surface area contributed by atoms with Crippen LogP contribution in [0.1, 0.15) is 25.5 Å². The molecule has 6 nitrogen and oxygen atoms in total. The summed E-state index contributed by atoms with van der Waals surface area (Å²) in [6, 6.07) is 7.58. The first-order chi connectivity index (χ1) is 12.9. The summed E-state index contributed by atoms with van der Waals surface area (Å²) in [5.41, 5.74) is 0.119. The van der Waals surface area contributed by atoms with Crippen molar-refractivity contribution in [3.8, 4) is 0 Å².